The molecule has 4 rings (SSSR count). The first-order valence-electron chi connectivity index (χ1n) is 9.58. The number of pyridine rings is 1. The van der Waals surface area contributed by atoms with Crippen LogP contribution in [0.15, 0.2) is 52.1 Å². The first kappa shape index (κ1) is 19.4. The number of carbonyl (C=O) groups is 1. The van der Waals surface area contributed by atoms with Crippen molar-refractivity contribution in [2.45, 2.75) is 18.9 Å². The Balaban J connectivity index is 1.34. The van der Waals surface area contributed by atoms with Crippen molar-refractivity contribution >= 4 is 23.4 Å². The number of hydrogen-bond donors (Lipinski definition) is 0. The van der Waals surface area contributed by atoms with E-state index >= 15 is 0 Å². The number of hydrogen-bond acceptors (Lipinski definition) is 7. The van der Waals surface area contributed by atoms with Gasteiger partial charge in [-0.05, 0) is 31.2 Å². The van der Waals surface area contributed by atoms with Gasteiger partial charge >= 0.3 is 0 Å². The first-order valence-corrected chi connectivity index (χ1v) is 10.6. The van der Waals surface area contributed by atoms with Gasteiger partial charge in [0, 0.05) is 45.0 Å². The van der Waals surface area contributed by atoms with Gasteiger partial charge in [0.05, 0.1) is 11.3 Å². The summed E-state index contributed by atoms with van der Waals surface area (Å²) in [5.41, 5.74) is 3.25. The standard InChI is InChI=1S/C21H23N5O2S/c1-15-5-7-17(8-6-15)25-10-12-26(13-11-25)19(27)14-29-21-18(4-3-9-22-21)20-23-16(2)28-24-20/h3-9H,10-14H2,1-2H3. The van der Waals surface area contributed by atoms with E-state index in [1.165, 1.54) is 23.0 Å². The molecule has 1 aliphatic heterocycles. The first-order chi connectivity index (χ1) is 14.1. The normalized spacial score (nSPS) is 14.3. The lowest BCUT2D eigenvalue weighted by molar-refractivity contribution is -0.128. The summed E-state index contributed by atoms with van der Waals surface area (Å²) in [5.74, 6) is 1.46. The van der Waals surface area contributed by atoms with Crippen LogP contribution in [-0.2, 0) is 4.79 Å². The van der Waals surface area contributed by atoms with Crippen molar-refractivity contribution in [2.75, 3.05) is 36.8 Å². The average Bonchev–Trinajstić information content (AvgIpc) is 3.19. The molecule has 29 heavy (non-hydrogen) atoms. The van der Waals surface area contributed by atoms with Gasteiger partial charge in [-0.2, -0.15) is 4.98 Å². The highest BCUT2D eigenvalue weighted by atomic mass is 32.2. The molecule has 7 nitrogen and oxygen atoms in total. The number of aryl methyl sites for hydroxylation is 2. The molecule has 1 amide bonds. The summed E-state index contributed by atoms with van der Waals surface area (Å²) in [7, 11) is 0. The van der Waals surface area contributed by atoms with Crippen molar-refractivity contribution in [1.29, 1.82) is 0 Å². The van der Waals surface area contributed by atoms with Gasteiger partial charge in [-0.25, -0.2) is 4.98 Å². The van der Waals surface area contributed by atoms with E-state index in [2.05, 4.69) is 51.2 Å². The Morgan fingerprint density at radius 1 is 1.10 bits per heavy atom. The molecule has 0 saturated carbocycles. The van der Waals surface area contributed by atoms with Crippen molar-refractivity contribution in [1.82, 2.24) is 20.0 Å². The van der Waals surface area contributed by atoms with E-state index in [-0.39, 0.29) is 5.91 Å². The van der Waals surface area contributed by atoms with Crippen molar-refractivity contribution in [3.05, 3.63) is 54.0 Å². The second-order valence-electron chi connectivity index (χ2n) is 6.99. The Morgan fingerprint density at radius 2 is 1.86 bits per heavy atom. The fourth-order valence-electron chi connectivity index (χ4n) is 3.28. The number of rotatable bonds is 5. The van der Waals surface area contributed by atoms with Crippen LogP contribution < -0.4 is 4.90 Å². The molecule has 0 unspecified atom stereocenters. The number of aromatic nitrogens is 3. The molecule has 0 bridgehead atoms. The van der Waals surface area contributed by atoms with Gasteiger partial charge in [0.25, 0.3) is 0 Å². The van der Waals surface area contributed by atoms with Gasteiger partial charge in [-0.1, -0.05) is 34.6 Å². The van der Waals surface area contributed by atoms with Crippen molar-refractivity contribution in [2.24, 2.45) is 0 Å². The Labute approximate surface area is 174 Å². The molecule has 3 heterocycles. The van der Waals surface area contributed by atoms with E-state index in [0.29, 0.717) is 17.5 Å². The van der Waals surface area contributed by atoms with Crippen LogP contribution in [0, 0.1) is 13.8 Å². The molecule has 8 heteroatoms. The Bertz CT molecular complexity index is 981. The molecule has 0 aliphatic carbocycles. The number of nitrogens with zero attached hydrogens (tertiary/aromatic N) is 5. The van der Waals surface area contributed by atoms with E-state index in [1.807, 2.05) is 17.0 Å². The van der Waals surface area contributed by atoms with Crippen LogP contribution >= 0.6 is 11.8 Å². The molecule has 0 radical (unpaired) electrons. The number of carbonyl (C=O) groups excluding carboxylic acids is 1. The SMILES string of the molecule is Cc1ccc(N2CCN(C(=O)CSc3ncccc3-c3noc(C)n3)CC2)cc1. The minimum Gasteiger partial charge on any atom is -0.368 e. The highest BCUT2D eigenvalue weighted by Crippen LogP contribution is 2.28. The van der Waals surface area contributed by atoms with E-state index < -0.39 is 0 Å². The summed E-state index contributed by atoms with van der Waals surface area (Å²) in [4.78, 5) is 25.6. The summed E-state index contributed by atoms with van der Waals surface area (Å²) >= 11 is 1.41. The quantitative estimate of drug-likeness (QED) is 0.599. The minimum atomic E-state index is 0.124. The van der Waals surface area contributed by atoms with Gasteiger partial charge in [-0.3, -0.25) is 4.79 Å². The van der Waals surface area contributed by atoms with Gasteiger partial charge in [-0.15, -0.1) is 0 Å². The molecule has 1 fully saturated rings. The number of anilines is 1. The second kappa shape index (κ2) is 8.65. The Hall–Kier alpha value is -2.87. The number of benzene rings is 1. The number of piperazine rings is 1. The maximum atomic E-state index is 12.7. The molecule has 1 saturated heterocycles. The van der Waals surface area contributed by atoms with Crippen LogP contribution in [0.5, 0.6) is 0 Å². The molecular formula is C21H23N5O2S. The van der Waals surface area contributed by atoms with Crippen molar-refractivity contribution in [3.63, 3.8) is 0 Å². The fourth-order valence-corrected chi connectivity index (χ4v) is 4.17. The van der Waals surface area contributed by atoms with Crippen LogP contribution in [0.3, 0.4) is 0 Å². The van der Waals surface area contributed by atoms with E-state index in [1.54, 1.807) is 13.1 Å². The maximum Gasteiger partial charge on any atom is 0.233 e. The molecule has 2 aromatic heterocycles. The molecule has 0 N–H and O–H groups in total. The zero-order valence-corrected chi connectivity index (χ0v) is 17.4. The zero-order chi connectivity index (χ0) is 20.2. The Kier molecular flexibility index (Phi) is 5.80. The van der Waals surface area contributed by atoms with Crippen LogP contribution in [0.2, 0.25) is 0 Å². The third-order valence-electron chi connectivity index (χ3n) is 4.90. The predicted molar refractivity (Wildman–Crippen MR) is 113 cm³/mol. The van der Waals surface area contributed by atoms with Gasteiger partial charge in [0.1, 0.15) is 5.03 Å². The van der Waals surface area contributed by atoms with Crippen molar-refractivity contribution in [3.8, 4) is 11.4 Å². The fraction of sp³-hybridized carbons (Fsp3) is 0.333. The molecule has 0 atom stereocenters. The van der Waals surface area contributed by atoms with Gasteiger partial charge < -0.3 is 14.3 Å². The summed E-state index contributed by atoms with van der Waals surface area (Å²) in [6, 6.07) is 12.3. The van der Waals surface area contributed by atoms with Crippen molar-refractivity contribution < 1.29 is 9.32 Å². The van der Waals surface area contributed by atoms with E-state index in [4.69, 9.17) is 4.52 Å². The molecule has 150 valence electrons. The maximum absolute atomic E-state index is 12.7. The van der Waals surface area contributed by atoms with E-state index in [9.17, 15) is 4.79 Å². The second-order valence-corrected chi connectivity index (χ2v) is 7.95. The largest absolute Gasteiger partial charge is 0.368 e. The minimum absolute atomic E-state index is 0.124. The molecule has 1 aliphatic rings. The van der Waals surface area contributed by atoms with Crippen LogP contribution in [-0.4, -0.2) is 57.9 Å². The van der Waals surface area contributed by atoms with Crippen LogP contribution in [0.1, 0.15) is 11.5 Å². The summed E-state index contributed by atoms with van der Waals surface area (Å²) in [6.07, 6.45) is 1.71. The number of amides is 1. The highest BCUT2D eigenvalue weighted by molar-refractivity contribution is 8.00. The number of thioether (sulfide) groups is 1. The summed E-state index contributed by atoms with van der Waals surface area (Å²) < 4.78 is 5.07. The molecule has 3 aromatic rings. The van der Waals surface area contributed by atoms with E-state index in [0.717, 1.165) is 36.8 Å². The lowest BCUT2D eigenvalue weighted by Crippen LogP contribution is -2.49. The van der Waals surface area contributed by atoms with Crippen LogP contribution in [0.4, 0.5) is 5.69 Å². The average molecular weight is 410 g/mol. The topological polar surface area (TPSA) is 75.4 Å². The lowest BCUT2D eigenvalue weighted by atomic mass is 10.2. The summed E-state index contributed by atoms with van der Waals surface area (Å²) in [6.45, 7) is 6.98. The summed E-state index contributed by atoms with van der Waals surface area (Å²) in [5, 5.41) is 4.70. The third kappa shape index (κ3) is 4.59. The zero-order valence-electron chi connectivity index (χ0n) is 16.5. The predicted octanol–water partition coefficient (Wildman–Crippen LogP) is 3.19. The van der Waals surface area contributed by atoms with Gasteiger partial charge in [0.2, 0.25) is 17.6 Å². The van der Waals surface area contributed by atoms with Crippen LogP contribution in [0.25, 0.3) is 11.4 Å². The third-order valence-corrected chi connectivity index (χ3v) is 5.89. The Morgan fingerprint density at radius 3 is 2.55 bits per heavy atom. The van der Waals surface area contributed by atoms with Gasteiger partial charge in [0.15, 0.2) is 0 Å². The highest BCUT2D eigenvalue weighted by Gasteiger charge is 2.22. The lowest BCUT2D eigenvalue weighted by Gasteiger charge is -2.36. The molecule has 1 aromatic carbocycles. The smallest absolute Gasteiger partial charge is 0.233 e. The monoisotopic (exact) mass is 409 g/mol. The molecular weight excluding hydrogens is 386 g/mol. The molecule has 0 spiro atoms.